The van der Waals surface area contributed by atoms with Gasteiger partial charge >= 0.3 is 5.97 Å². The van der Waals surface area contributed by atoms with Crippen molar-refractivity contribution in [3.63, 3.8) is 0 Å². The Kier molecular flexibility index (Phi) is 6.80. The van der Waals surface area contributed by atoms with Crippen molar-refractivity contribution in [1.82, 2.24) is 0 Å². The van der Waals surface area contributed by atoms with Gasteiger partial charge in [-0.05, 0) is 43.7 Å². The number of ether oxygens (including phenoxy) is 2. The maximum atomic E-state index is 13.4. The number of hydrogen-bond acceptors (Lipinski definition) is 4. The highest BCUT2D eigenvalue weighted by Crippen LogP contribution is 2.15. The van der Waals surface area contributed by atoms with E-state index >= 15 is 0 Å². The van der Waals surface area contributed by atoms with Gasteiger partial charge in [0.1, 0.15) is 11.6 Å². The summed E-state index contributed by atoms with van der Waals surface area (Å²) in [5.74, 6) is -2.95. The SMILES string of the molecule is CC(C)OCc1ccc(C(=O)OCC(=O)Nc2cc(F)ccc2F)cc1. The third-order valence-corrected chi connectivity index (χ3v) is 3.31. The highest BCUT2D eigenvalue weighted by Gasteiger charge is 2.12. The lowest BCUT2D eigenvalue weighted by molar-refractivity contribution is -0.119. The number of carbonyl (C=O) groups excluding carboxylic acids is 2. The molecule has 0 saturated carbocycles. The number of esters is 1. The second kappa shape index (κ2) is 9.05. The Morgan fingerprint density at radius 3 is 2.42 bits per heavy atom. The maximum absolute atomic E-state index is 13.4. The van der Waals surface area contributed by atoms with Crippen LogP contribution < -0.4 is 5.32 Å². The van der Waals surface area contributed by atoms with E-state index in [2.05, 4.69) is 5.32 Å². The van der Waals surface area contributed by atoms with Crippen molar-refractivity contribution in [3.05, 3.63) is 65.2 Å². The maximum Gasteiger partial charge on any atom is 0.338 e. The second-order valence-corrected chi connectivity index (χ2v) is 5.81. The van der Waals surface area contributed by atoms with Crippen molar-refractivity contribution in [2.75, 3.05) is 11.9 Å². The van der Waals surface area contributed by atoms with Crippen molar-refractivity contribution in [2.45, 2.75) is 26.6 Å². The van der Waals surface area contributed by atoms with Gasteiger partial charge in [0.2, 0.25) is 0 Å². The van der Waals surface area contributed by atoms with E-state index in [1.54, 1.807) is 24.3 Å². The molecule has 0 aliphatic heterocycles. The van der Waals surface area contributed by atoms with E-state index in [1.165, 1.54) is 0 Å². The average Bonchev–Trinajstić information content (AvgIpc) is 2.61. The third-order valence-electron chi connectivity index (χ3n) is 3.31. The minimum absolute atomic E-state index is 0.0982. The summed E-state index contributed by atoms with van der Waals surface area (Å²) >= 11 is 0. The fourth-order valence-corrected chi connectivity index (χ4v) is 1.99. The van der Waals surface area contributed by atoms with Crippen molar-refractivity contribution < 1.29 is 27.8 Å². The highest BCUT2D eigenvalue weighted by molar-refractivity contribution is 5.95. The largest absolute Gasteiger partial charge is 0.452 e. The molecule has 0 fully saturated rings. The molecule has 0 aliphatic rings. The Balaban J connectivity index is 1.85. The summed E-state index contributed by atoms with van der Waals surface area (Å²) in [6, 6.07) is 9.23. The first kappa shape index (κ1) is 19.5. The molecule has 5 nitrogen and oxygen atoms in total. The first-order valence-corrected chi connectivity index (χ1v) is 7.97. The Labute approximate surface area is 149 Å². The molecule has 0 unspecified atom stereocenters. The van der Waals surface area contributed by atoms with Crippen LogP contribution in [0.15, 0.2) is 42.5 Å². The molecule has 0 heterocycles. The first-order chi connectivity index (χ1) is 12.3. The number of rotatable bonds is 7. The van der Waals surface area contributed by atoms with Crippen LogP contribution in [-0.2, 0) is 20.9 Å². The Bertz CT molecular complexity index is 776. The normalized spacial score (nSPS) is 10.7. The number of amides is 1. The minimum atomic E-state index is -0.787. The van der Waals surface area contributed by atoms with Crippen molar-refractivity contribution >= 4 is 17.6 Å². The summed E-state index contributed by atoms with van der Waals surface area (Å²) in [5, 5.41) is 2.15. The van der Waals surface area contributed by atoms with E-state index in [-0.39, 0.29) is 17.4 Å². The topological polar surface area (TPSA) is 64.6 Å². The molecule has 2 aromatic rings. The predicted octanol–water partition coefficient (Wildman–Crippen LogP) is 3.69. The summed E-state index contributed by atoms with van der Waals surface area (Å²) in [5.41, 5.74) is 0.846. The minimum Gasteiger partial charge on any atom is -0.452 e. The van der Waals surface area contributed by atoms with Gasteiger partial charge in [0.15, 0.2) is 6.61 Å². The van der Waals surface area contributed by atoms with Crippen LogP contribution >= 0.6 is 0 Å². The smallest absolute Gasteiger partial charge is 0.338 e. The van der Waals surface area contributed by atoms with Crippen molar-refractivity contribution in [2.24, 2.45) is 0 Å². The van der Waals surface area contributed by atoms with Gasteiger partial charge in [0.25, 0.3) is 5.91 Å². The molecule has 0 spiro atoms. The molecule has 0 saturated heterocycles. The van der Waals surface area contributed by atoms with Crippen LogP contribution in [0.2, 0.25) is 0 Å². The van der Waals surface area contributed by atoms with Gasteiger partial charge in [-0.3, -0.25) is 4.79 Å². The van der Waals surface area contributed by atoms with Crippen molar-refractivity contribution in [3.8, 4) is 0 Å². The van der Waals surface area contributed by atoms with Crippen molar-refractivity contribution in [1.29, 1.82) is 0 Å². The molecule has 2 rings (SSSR count). The number of carbonyl (C=O) groups is 2. The summed E-state index contributed by atoms with van der Waals surface area (Å²) in [6.07, 6.45) is 0.0982. The van der Waals surface area contributed by atoms with Gasteiger partial charge < -0.3 is 14.8 Å². The molecule has 138 valence electrons. The lowest BCUT2D eigenvalue weighted by Crippen LogP contribution is -2.21. The van der Waals surface area contributed by atoms with Crippen LogP contribution in [0.5, 0.6) is 0 Å². The molecule has 0 aromatic heterocycles. The summed E-state index contributed by atoms with van der Waals surface area (Å²) < 4.78 is 36.8. The predicted molar refractivity (Wildman–Crippen MR) is 91.6 cm³/mol. The Morgan fingerprint density at radius 1 is 1.08 bits per heavy atom. The molecule has 0 bridgehead atoms. The highest BCUT2D eigenvalue weighted by atomic mass is 19.1. The van der Waals surface area contributed by atoms with E-state index in [4.69, 9.17) is 9.47 Å². The van der Waals surface area contributed by atoms with E-state index in [0.29, 0.717) is 6.61 Å². The fraction of sp³-hybridized carbons (Fsp3) is 0.263. The molecular weight excluding hydrogens is 344 g/mol. The van der Waals surface area contributed by atoms with E-state index in [0.717, 1.165) is 23.8 Å². The van der Waals surface area contributed by atoms with Gasteiger partial charge in [-0.1, -0.05) is 12.1 Å². The Hall–Kier alpha value is -2.80. The van der Waals surface area contributed by atoms with Gasteiger partial charge in [0, 0.05) is 6.07 Å². The zero-order chi connectivity index (χ0) is 19.1. The van der Waals surface area contributed by atoms with Crippen LogP contribution in [0.4, 0.5) is 14.5 Å². The number of benzene rings is 2. The van der Waals surface area contributed by atoms with Crippen LogP contribution in [-0.4, -0.2) is 24.6 Å². The first-order valence-electron chi connectivity index (χ1n) is 7.97. The van der Waals surface area contributed by atoms with E-state index < -0.39 is 30.1 Å². The quantitative estimate of drug-likeness (QED) is 0.762. The van der Waals surface area contributed by atoms with Crippen LogP contribution in [0, 0.1) is 11.6 Å². The average molecular weight is 363 g/mol. The monoisotopic (exact) mass is 363 g/mol. The summed E-state index contributed by atoms with van der Waals surface area (Å²) in [7, 11) is 0. The van der Waals surface area contributed by atoms with Gasteiger partial charge in [0.05, 0.1) is 24.0 Å². The number of halogens is 2. The lowest BCUT2D eigenvalue weighted by atomic mass is 10.1. The summed E-state index contributed by atoms with van der Waals surface area (Å²) in [6.45, 7) is 3.65. The van der Waals surface area contributed by atoms with Crippen LogP contribution in [0.1, 0.15) is 29.8 Å². The fourth-order valence-electron chi connectivity index (χ4n) is 1.99. The van der Waals surface area contributed by atoms with E-state index in [9.17, 15) is 18.4 Å². The summed E-state index contributed by atoms with van der Waals surface area (Å²) in [4.78, 5) is 23.7. The Morgan fingerprint density at radius 2 is 1.77 bits per heavy atom. The number of anilines is 1. The standard InChI is InChI=1S/C19H19F2NO4/c1-12(2)25-10-13-3-5-14(6-4-13)19(24)26-11-18(23)22-17-9-15(20)7-8-16(17)21/h3-9,12H,10-11H2,1-2H3,(H,22,23). The molecular formula is C19H19F2NO4. The zero-order valence-corrected chi connectivity index (χ0v) is 14.4. The lowest BCUT2D eigenvalue weighted by Gasteiger charge is -2.09. The molecule has 0 atom stereocenters. The molecule has 1 amide bonds. The van der Waals surface area contributed by atoms with Crippen LogP contribution in [0.25, 0.3) is 0 Å². The van der Waals surface area contributed by atoms with Gasteiger partial charge in [-0.15, -0.1) is 0 Å². The van der Waals surface area contributed by atoms with Crippen LogP contribution in [0.3, 0.4) is 0 Å². The van der Waals surface area contributed by atoms with E-state index in [1.807, 2.05) is 13.8 Å². The number of hydrogen-bond donors (Lipinski definition) is 1. The van der Waals surface area contributed by atoms with Gasteiger partial charge in [-0.25, -0.2) is 13.6 Å². The molecule has 1 N–H and O–H groups in total. The number of nitrogens with one attached hydrogen (secondary N) is 1. The molecule has 26 heavy (non-hydrogen) atoms. The van der Waals surface area contributed by atoms with Gasteiger partial charge in [-0.2, -0.15) is 0 Å². The molecule has 2 aromatic carbocycles. The second-order valence-electron chi connectivity index (χ2n) is 5.81. The molecule has 7 heteroatoms. The third kappa shape index (κ3) is 5.93. The molecule has 0 radical (unpaired) electrons. The molecule has 0 aliphatic carbocycles. The zero-order valence-electron chi connectivity index (χ0n) is 14.4.